The molecule has 10 heteroatoms. The highest BCUT2D eigenvalue weighted by molar-refractivity contribution is 6.42. The number of rotatable bonds is 6. The standard InChI is InChI=1S/C18H22Cl2N4O4/c1-21-18(28)22(2)6-7-24-10-12(15(25)17(24)27)16(26)23(3)9-11-4-5-13(19)14(20)8-11/h4-5,8,10,25,27H,6-7,9H2,1-3H3,(H,21,28). The number of carbonyl (C=O) groups is 2. The SMILES string of the molecule is CNC(=O)N(C)CCn1cc(C(=O)N(C)Cc2ccc(Cl)c(Cl)c2)c(O)c1O. The van der Waals surface area contributed by atoms with Crippen molar-refractivity contribution >= 4 is 35.1 Å². The first kappa shape index (κ1) is 21.7. The number of hydrogen-bond donors (Lipinski definition) is 3. The van der Waals surface area contributed by atoms with E-state index in [1.807, 2.05) is 0 Å². The maximum atomic E-state index is 12.7. The topological polar surface area (TPSA) is 98.0 Å². The van der Waals surface area contributed by atoms with Crippen LogP contribution >= 0.6 is 23.2 Å². The van der Waals surface area contributed by atoms with Gasteiger partial charge in [0.25, 0.3) is 5.91 Å². The number of amides is 3. The molecule has 0 radical (unpaired) electrons. The Morgan fingerprint density at radius 3 is 2.43 bits per heavy atom. The van der Waals surface area contributed by atoms with Crippen LogP contribution in [0.2, 0.25) is 10.0 Å². The molecular weight excluding hydrogens is 407 g/mol. The molecule has 1 aromatic carbocycles. The second-order valence-corrected chi connectivity index (χ2v) is 7.11. The van der Waals surface area contributed by atoms with E-state index in [2.05, 4.69) is 5.32 Å². The van der Waals surface area contributed by atoms with Gasteiger partial charge in [-0.3, -0.25) is 4.79 Å². The Balaban J connectivity index is 2.12. The molecule has 1 heterocycles. The molecule has 0 aliphatic rings. The molecule has 8 nitrogen and oxygen atoms in total. The number of likely N-dealkylation sites (N-methyl/N-ethyl adjacent to an activating group) is 1. The lowest BCUT2D eigenvalue weighted by Crippen LogP contribution is -2.36. The monoisotopic (exact) mass is 428 g/mol. The number of aromatic hydroxyl groups is 2. The summed E-state index contributed by atoms with van der Waals surface area (Å²) in [7, 11) is 4.67. The molecule has 0 bridgehead atoms. The Hall–Kier alpha value is -2.58. The Bertz CT molecular complexity index is 885. The summed E-state index contributed by atoms with van der Waals surface area (Å²) in [4.78, 5) is 27.0. The highest BCUT2D eigenvalue weighted by Crippen LogP contribution is 2.32. The summed E-state index contributed by atoms with van der Waals surface area (Å²) in [5.74, 6) is -1.41. The molecule has 0 fully saturated rings. The normalized spacial score (nSPS) is 10.6. The van der Waals surface area contributed by atoms with Crippen LogP contribution in [0.15, 0.2) is 24.4 Å². The van der Waals surface area contributed by atoms with Gasteiger partial charge < -0.3 is 29.9 Å². The van der Waals surface area contributed by atoms with Gasteiger partial charge in [-0.1, -0.05) is 29.3 Å². The van der Waals surface area contributed by atoms with Crippen molar-refractivity contribution in [2.45, 2.75) is 13.1 Å². The van der Waals surface area contributed by atoms with Gasteiger partial charge in [-0.2, -0.15) is 0 Å². The number of benzene rings is 1. The molecule has 0 saturated carbocycles. The number of nitrogens with zero attached hydrogens (tertiary/aromatic N) is 3. The molecule has 28 heavy (non-hydrogen) atoms. The lowest BCUT2D eigenvalue weighted by atomic mass is 10.2. The van der Waals surface area contributed by atoms with Gasteiger partial charge in [0.15, 0.2) is 5.75 Å². The van der Waals surface area contributed by atoms with Gasteiger partial charge in [-0.05, 0) is 17.7 Å². The highest BCUT2D eigenvalue weighted by Gasteiger charge is 2.23. The third-order valence-corrected chi connectivity index (χ3v) is 4.98. The minimum atomic E-state index is -0.506. The van der Waals surface area contributed by atoms with Gasteiger partial charge in [0, 0.05) is 47.0 Å². The molecule has 1 aromatic heterocycles. The molecule has 0 aliphatic heterocycles. The molecule has 3 amide bonds. The second kappa shape index (κ2) is 9.07. The average molecular weight is 429 g/mol. The molecule has 0 spiro atoms. The number of urea groups is 1. The fourth-order valence-corrected chi connectivity index (χ4v) is 2.92. The van der Waals surface area contributed by atoms with Crippen molar-refractivity contribution in [2.24, 2.45) is 0 Å². The molecule has 2 aromatic rings. The van der Waals surface area contributed by atoms with Crippen molar-refractivity contribution < 1.29 is 19.8 Å². The van der Waals surface area contributed by atoms with Crippen molar-refractivity contribution in [1.29, 1.82) is 0 Å². The summed E-state index contributed by atoms with van der Waals surface area (Å²) in [6, 6.07) is 4.76. The lowest BCUT2D eigenvalue weighted by molar-refractivity contribution is 0.0782. The zero-order valence-corrected chi connectivity index (χ0v) is 17.3. The van der Waals surface area contributed by atoms with Crippen LogP contribution in [0.4, 0.5) is 4.79 Å². The Morgan fingerprint density at radius 1 is 1.14 bits per heavy atom. The van der Waals surface area contributed by atoms with Gasteiger partial charge in [0.05, 0.1) is 10.0 Å². The van der Waals surface area contributed by atoms with Crippen LogP contribution in [0.25, 0.3) is 0 Å². The van der Waals surface area contributed by atoms with Crippen LogP contribution in [0.5, 0.6) is 11.6 Å². The Morgan fingerprint density at radius 2 is 1.82 bits per heavy atom. The lowest BCUT2D eigenvalue weighted by Gasteiger charge is -2.17. The van der Waals surface area contributed by atoms with Crippen LogP contribution in [0, 0.1) is 0 Å². The first-order valence-electron chi connectivity index (χ1n) is 8.39. The van der Waals surface area contributed by atoms with Crippen LogP contribution in [-0.4, -0.2) is 64.2 Å². The van der Waals surface area contributed by atoms with Gasteiger partial charge in [0.2, 0.25) is 5.88 Å². The van der Waals surface area contributed by atoms with Crippen molar-refractivity contribution in [3.05, 3.63) is 45.6 Å². The van der Waals surface area contributed by atoms with Crippen molar-refractivity contribution in [3.8, 4) is 11.6 Å². The van der Waals surface area contributed by atoms with E-state index in [-0.39, 0.29) is 31.2 Å². The van der Waals surface area contributed by atoms with E-state index < -0.39 is 17.5 Å². The average Bonchev–Trinajstić information content (AvgIpc) is 2.95. The molecule has 0 unspecified atom stereocenters. The van der Waals surface area contributed by atoms with Crippen LogP contribution in [0.3, 0.4) is 0 Å². The molecule has 3 N–H and O–H groups in total. The first-order valence-corrected chi connectivity index (χ1v) is 9.14. The summed E-state index contributed by atoms with van der Waals surface area (Å²) in [6.07, 6.45) is 1.36. The number of nitrogens with one attached hydrogen (secondary N) is 1. The van der Waals surface area contributed by atoms with Gasteiger partial charge in [-0.25, -0.2) is 4.79 Å². The van der Waals surface area contributed by atoms with Crippen LogP contribution in [-0.2, 0) is 13.1 Å². The van der Waals surface area contributed by atoms with E-state index in [4.69, 9.17) is 23.2 Å². The first-order chi connectivity index (χ1) is 13.1. The number of halogens is 2. The maximum absolute atomic E-state index is 12.7. The third kappa shape index (κ3) is 4.82. The summed E-state index contributed by atoms with van der Waals surface area (Å²) >= 11 is 11.9. The Labute approximate surface area is 172 Å². The summed E-state index contributed by atoms with van der Waals surface area (Å²) < 4.78 is 1.31. The van der Waals surface area contributed by atoms with E-state index in [1.165, 1.54) is 27.6 Å². The van der Waals surface area contributed by atoms with E-state index in [0.29, 0.717) is 10.0 Å². The maximum Gasteiger partial charge on any atom is 0.316 e. The van der Waals surface area contributed by atoms with Crippen LogP contribution < -0.4 is 5.32 Å². The van der Waals surface area contributed by atoms with Gasteiger partial charge in [-0.15, -0.1) is 0 Å². The number of hydrogen-bond acceptors (Lipinski definition) is 4. The highest BCUT2D eigenvalue weighted by atomic mass is 35.5. The minimum absolute atomic E-state index is 0.0392. The van der Waals surface area contributed by atoms with Crippen molar-refractivity contribution in [2.75, 3.05) is 27.7 Å². The fourth-order valence-electron chi connectivity index (χ4n) is 2.60. The zero-order valence-electron chi connectivity index (χ0n) is 15.7. The number of aromatic nitrogens is 1. The second-order valence-electron chi connectivity index (χ2n) is 6.29. The molecule has 0 saturated heterocycles. The molecule has 0 aliphatic carbocycles. The molecule has 0 atom stereocenters. The van der Waals surface area contributed by atoms with Crippen molar-refractivity contribution in [1.82, 2.24) is 19.7 Å². The predicted octanol–water partition coefficient (Wildman–Crippen LogP) is 2.75. The fraction of sp³-hybridized carbons (Fsp3) is 0.333. The largest absolute Gasteiger partial charge is 0.503 e. The zero-order chi connectivity index (χ0) is 21.0. The molecule has 152 valence electrons. The summed E-state index contributed by atoms with van der Waals surface area (Å²) in [5, 5.41) is 23.5. The molecular formula is C18H22Cl2N4O4. The minimum Gasteiger partial charge on any atom is -0.503 e. The van der Waals surface area contributed by atoms with Gasteiger partial charge in [0.1, 0.15) is 5.56 Å². The smallest absolute Gasteiger partial charge is 0.316 e. The number of carbonyl (C=O) groups excluding carboxylic acids is 2. The quantitative estimate of drug-likeness (QED) is 0.658. The summed E-state index contributed by atoms with van der Waals surface area (Å²) in [5.41, 5.74) is 0.725. The Kier molecular flexibility index (Phi) is 7.04. The van der Waals surface area contributed by atoms with E-state index in [1.54, 1.807) is 32.3 Å². The van der Waals surface area contributed by atoms with Crippen molar-refractivity contribution in [3.63, 3.8) is 0 Å². The van der Waals surface area contributed by atoms with Gasteiger partial charge >= 0.3 is 6.03 Å². The predicted molar refractivity (Wildman–Crippen MR) is 107 cm³/mol. The van der Waals surface area contributed by atoms with Crippen LogP contribution in [0.1, 0.15) is 15.9 Å². The van der Waals surface area contributed by atoms with E-state index in [0.717, 1.165) is 5.56 Å². The third-order valence-electron chi connectivity index (χ3n) is 4.24. The summed E-state index contributed by atoms with van der Waals surface area (Å²) in [6.45, 7) is 0.710. The molecule has 2 rings (SSSR count). The van der Waals surface area contributed by atoms with E-state index in [9.17, 15) is 19.8 Å². The van der Waals surface area contributed by atoms with E-state index >= 15 is 0 Å².